The Morgan fingerprint density at radius 1 is 1.39 bits per heavy atom. The highest BCUT2D eigenvalue weighted by Gasteiger charge is 2.30. The summed E-state index contributed by atoms with van der Waals surface area (Å²) in [6.07, 6.45) is 3.37. The number of benzene rings is 1. The standard InChI is InChI=1S/C16H20N4O2.ClH/c1-19-11-12(9-18-19)16(21)20-8-7-17-10-14(20)13-5-3-4-6-15(13)22-2;/h3-6,9,11,14,17H,7-8,10H2,1-2H3;1H. The normalized spacial score (nSPS) is 17.5. The van der Waals surface area contributed by atoms with E-state index in [4.69, 9.17) is 4.74 Å². The Bertz CT molecular complexity index is 674. The molecule has 1 aromatic heterocycles. The van der Waals surface area contributed by atoms with Crippen molar-refractivity contribution in [3.63, 3.8) is 0 Å². The van der Waals surface area contributed by atoms with Crippen molar-refractivity contribution in [1.82, 2.24) is 20.0 Å². The molecule has 0 spiro atoms. The van der Waals surface area contributed by atoms with Crippen molar-refractivity contribution in [2.24, 2.45) is 7.05 Å². The van der Waals surface area contributed by atoms with E-state index in [-0.39, 0.29) is 24.4 Å². The van der Waals surface area contributed by atoms with Crippen molar-refractivity contribution in [3.05, 3.63) is 47.8 Å². The highest BCUT2D eigenvalue weighted by Crippen LogP contribution is 2.31. The van der Waals surface area contributed by atoms with E-state index in [0.717, 1.165) is 17.9 Å². The van der Waals surface area contributed by atoms with Gasteiger partial charge in [0.15, 0.2) is 0 Å². The molecule has 23 heavy (non-hydrogen) atoms. The van der Waals surface area contributed by atoms with E-state index in [0.29, 0.717) is 18.7 Å². The van der Waals surface area contributed by atoms with Crippen LogP contribution in [0, 0.1) is 0 Å². The zero-order valence-corrected chi connectivity index (χ0v) is 14.0. The lowest BCUT2D eigenvalue weighted by Gasteiger charge is -2.36. The second-order valence-corrected chi connectivity index (χ2v) is 5.36. The number of nitrogens with zero attached hydrogens (tertiary/aromatic N) is 3. The molecular weight excluding hydrogens is 316 g/mol. The summed E-state index contributed by atoms with van der Waals surface area (Å²) < 4.78 is 7.10. The SMILES string of the molecule is COc1ccccc1C1CNCCN1C(=O)c1cnn(C)c1.Cl. The summed E-state index contributed by atoms with van der Waals surface area (Å²) >= 11 is 0. The number of para-hydroxylation sites is 1. The number of ether oxygens (including phenoxy) is 1. The van der Waals surface area contributed by atoms with Crippen molar-refractivity contribution in [2.45, 2.75) is 6.04 Å². The molecule has 2 heterocycles. The van der Waals surface area contributed by atoms with Crippen LogP contribution in [0.5, 0.6) is 5.75 Å². The van der Waals surface area contributed by atoms with Crippen LogP contribution < -0.4 is 10.1 Å². The lowest BCUT2D eigenvalue weighted by Crippen LogP contribution is -2.48. The van der Waals surface area contributed by atoms with Gasteiger partial charge in [0.25, 0.3) is 5.91 Å². The summed E-state index contributed by atoms with van der Waals surface area (Å²) in [7, 11) is 3.47. The van der Waals surface area contributed by atoms with Crippen LogP contribution in [-0.2, 0) is 7.05 Å². The van der Waals surface area contributed by atoms with Crippen LogP contribution in [0.1, 0.15) is 22.0 Å². The van der Waals surface area contributed by atoms with Crippen molar-refractivity contribution >= 4 is 18.3 Å². The number of aryl methyl sites for hydroxylation is 1. The van der Waals surface area contributed by atoms with Crippen LogP contribution >= 0.6 is 12.4 Å². The van der Waals surface area contributed by atoms with Crippen LogP contribution in [0.15, 0.2) is 36.7 Å². The molecular formula is C16H21ClN4O2. The van der Waals surface area contributed by atoms with Gasteiger partial charge in [0.05, 0.1) is 24.9 Å². The average molecular weight is 337 g/mol. The molecule has 1 unspecified atom stereocenters. The monoisotopic (exact) mass is 336 g/mol. The summed E-state index contributed by atoms with van der Waals surface area (Å²) in [5.41, 5.74) is 1.64. The number of methoxy groups -OCH3 is 1. The van der Waals surface area contributed by atoms with Gasteiger partial charge < -0.3 is 15.0 Å². The fourth-order valence-corrected chi connectivity index (χ4v) is 2.86. The molecule has 1 fully saturated rings. The van der Waals surface area contributed by atoms with Gasteiger partial charge in [-0.3, -0.25) is 9.48 Å². The van der Waals surface area contributed by atoms with E-state index in [1.54, 1.807) is 24.2 Å². The Morgan fingerprint density at radius 2 is 2.17 bits per heavy atom. The minimum atomic E-state index is -0.0439. The number of hydrogen-bond donors (Lipinski definition) is 1. The molecule has 7 heteroatoms. The van der Waals surface area contributed by atoms with E-state index >= 15 is 0 Å². The Labute approximate surface area is 141 Å². The zero-order valence-electron chi connectivity index (χ0n) is 13.2. The van der Waals surface area contributed by atoms with Crippen LogP contribution in [0.4, 0.5) is 0 Å². The van der Waals surface area contributed by atoms with Gasteiger partial charge in [-0.2, -0.15) is 5.10 Å². The maximum absolute atomic E-state index is 12.8. The molecule has 1 saturated heterocycles. The highest BCUT2D eigenvalue weighted by molar-refractivity contribution is 5.94. The molecule has 0 radical (unpaired) electrons. The van der Waals surface area contributed by atoms with Gasteiger partial charge in [0.2, 0.25) is 0 Å². The summed E-state index contributed by atoms with van der Waals surface area (Å²) in [5.74, 6) is 0.811. The Balaban J connectivity index is 0.00000192. The van der Waals surface area contributed by atoms with E-state index < -0.39 is 0 Å². The summed E-state index contributed by atoms with van der Waals surface area (Å²) in [6.45, 7) is 2.17. The number of nitrogens with one attached hydrogen (secondary N) is 1. The van der Waals surface area contributed by atoms with Crippen molar-refractivity contribution < 1.29 is 9.53 Å². The first-order valence-electron chi connectivity index (χ1n) is 7.34. The topological polar surface area (TPSA) is 59.4 Å². The molecule has 0 saturated carbocycles. The average Bonchev–Trinajstić information content (AvgIpc) is 3.00. The third-order valence-corrected chi connectivity index (χ3v) is 3.95. The number of carbonyl (C=O) groups is 1. The molecule has 1 amide bonds. The van der Waals surface area contributed by atoms with E-state index in [9.17, 15) is 4.79 Å². The van der Waals surface area contributed by atoms with Crippen molar-refractivity contribution in [3.8, 4) is 5.75 Å². The summed E-state index contributed by atoms with van der Waals surface area (Å²) in [5, 5.41) is 7.45. The fourth-order valence-electron chi connectivity index (χ4n) is 2.86. The van der Waals surface area contributed by atoms with Crippen LogP contribution in [0.25, 0.3) is 0 Å². The number of halogens is 1. The quantitative estimate of drug-likeness (QED) is 0.925. The first kappa shape index (κ1) is 17.3. The third-order valence-electron chi connectivity index (χ3n) is 3.95. The number of aromatic nitrogens is 2. The number of piperazine rings is 1. The largest absolute Gasteiger partial charge is 0.496 e. The molecule has 0 aliphatic carbocycles. The molecule has 1 aromatic carbocycles. The number of carbonyl (C=O) groups excluding carboxylic acids is 1. The molecule has 124 valence electrons. The molecule has 6 nitrogen and oxygen atoms in total. The molecule has 1 N–H and O–H groups in total. The predicted molar refractivity (Wildman–Crippen MR) is 90.1 cm³/mol. The van der Waals surface area contributed by atoms with Crippen LogP contribution in [-0.4, -0.2) is 47.3 Å². The molecule has 1 aliphatic rings. The molecule has 1 atom stereocenters. The Hall–Kier alpha value is -2.05. The van der Waals surface area contributed by atoms with Gasteiger partial charge in [-0.1, -0.05) is 18.2 Å². The number of amides is 1. The maximum Gasteiger partial charge on any atom is 0.257 e. The van der Waals surface area contributed by atoms with Crippen LogP contribution in [0.2, 0.25) is 0 Å². The molecule has 2 aromatic rings. The van der Waals surface area contributed by atoms with E-state index in [1.807, 2.05) is 36.2 Å². The highest BCUT2D eigenvalue weighted by atomic mass is 35.5. The second-order valence-electron chi connectivity index (χ2n) is 5.36. The van der Waals surface area contributed by atoms with Gasteiger partial charge in [0, 0.05) is 38.4 Å². The lowest BCUT2D eigenvalue weighted by atomic mass is 10.0. The third kappa shape index (κ3) is 3.48. The molecule has 1 aliphatic heterocycles. The van der Waals surface area contributed by atoms with Crippen LogP contribution in [0.3, 0.4) is 0 Å². The lowest BCUT2D eigenvalue weighted by molar-refractivity contribution is 0.0631. The Morgan fingerprint density at radius 3 is 2.87 bits per heavy atom. The minimum absolute atomic E-state index is 0. The second kappa shape index (κ2) is 7.48. The first-order chi connectivity index (χ1) is 10.7. The Kier molecular flexibility index (Phi) is 5.63. The number of hydrogen-bond acceptors (Lipinski definition) is 4. The van der Waals surface area contributed by atoms with Gasteiger partial charge in [0.1, 0.15) is 5.75 Å². The van der Waals surface area contributed by atoms with Gasteiger partial charge >= 0.3 is 0 Å². The summed E-state index contributed by atoms with van der Waals surface area (Å²) in [4.78, 5) is 14.7. The predicted octanol–water partition coefficient (Wildman–Crippen LogP) is 1.64. The molecule has 3 rings (SSSR count). The first-order valence-corrected chi connectivity index (χ1v) is 7.34. The summed E-state index contributed by atoms with van der Waals surface area (Å²) in [6, 6.07) is 7.81. The van der Waals surface area contributed by atoms with Gasteiger partial charge in [-0.15, -0.1) is 12.4 Å². The number of rotatable bonds is 3. The van der Waals surface area contributed by atoms with E-state index in [2.05, 4.69) is 10.4 Å². The smallest absolute Gasteiger partial charge is 0.257 e. The minimum Gasteiger partial charge on any atom is -0.496 e. The maximum atomic E-state index is 12.8. The zero-order chi connectivity index (χ0) is 15.5. The van der Waals surface area contributed by atoms with Crippen molar-refractivity contribution in [2.75, 3.05) is 26.7 Å². The van der Waals surface area contributed by atoms with Crippen molar-refractivity contribution in [1.29, 1.82) is 0 Å². The van der Waals surface area contributed by atoms with Gasteiger partial charge in [-0.05, 0) is 6.07 Å². The molecule has 0 bridgehead atoms. The van der Waals surface area contributed by atoms with E-state index in [1.165, 1.54) is 0 Å². The van der Waals surface area contributed by atoms with Gasteiger partial charge in [-0.25, -0.2) is 0 Å². The fraction of sp³-hybridized carbons (Fsp3) is 0.375.